The van der Waals surface area contributed by atoms with Gasteiger partial charge in [0.1, 0.15) is 5.75 Å². The van der Waals surface area contributed by atoms with Gasteiger partial charge in [0.25, 0.3) is 0 Å². The van der Waals surface area contributed by atoms with Crippen LogP contribution in [0.1, 0.15) is 23.7 Å². The monoisotopic (exact) mass is 385 g/mol. The van der Waals surface area contributed by atoms with E-state index in [1.807, 2.05) is 13.8 Å². The highest BCUT2D eigenvalue weighted by molar-refractivity contribution is 7.85. The molecule has 2 heterocycles. The van der Waals surface area contributed by atoms with E-state index >= 15 is 0 Å². The Morgan fingerprint density at radius 2 is 1.96 bits per heavy atom. The molecular formula is C17H18F3N3O2S. The zero-order valence-electron chi connectivity index (χ0n) is 14.2. The van der Waals surface area contributed by atoms with E-state index in [4.69, 9.17) is 4.74 Å². The smallest absolute Gasteiger partial charge is 0.416 e. The number of alkyl halides is 3. The van der Waals surface area contributed by atoms with Gasteiger partial charge in [-0.25, -0.2) is 0 Å². The predicted octanol–water partition coefficient (Wildman–Crippen LogP) is 3.88. The lowest BCUT2D eigenvalue weighted by Crippen LogP contribution is -2.29. The molecule has 2 atom stereocenters. The van der Waals surface area contributed by atoms with Crippen LogP contribution in [0.2, 0.25) is 0 Å². The Bertz CT molecular complexity index is 842. The highest BCUT2D eigenvalue weighted by Crippen LogP contribution is 2.37. The van der Waals surface area contributed by atoms with Crippen molar-refractivity contribution in [1.82, 2.24) is 4.98 Å². The van der Waals surface area contributed by atoms with E-state index < -0.39 is 28.0 Å². The maximum absolute atomic E-state index is 12.8. The minimum absolute atomic E-state index is 0.150. The van der Waals surface area contributed by atoms with Crippen LogP contribution in [-0.2, 0) is 22.7 Å². The molecule has 0 spiro atoms. The predicted molar refractivity (Wildman–Crippen MR) is 94.5 cm³/mol. The van der Waals surface area contributed by atoms with Crippen LogP contribution < -0.4 is 15.4 Å². The number of rotatable bonds is 5. The number of benzene rings is 1. The van der Waals surface area contributed by atoms with Gasteiger partial charge in [-0.05, 0) is 38.1 Å². The van der Waals surface area contributed by atoms with Crippen molar-refractivity contribution >= 4 is 22.2 Å². The Balaban J connectivity index is 1.73. The second-order valence-electron chi connectivity index (χ2n) is 5.77. The summed E-state index contributed by atoms with van der Waals surface area (Å²) in [6, 6.07) is 5.09. The fraction of sp³-hybridized carbons (Fsp3) is 0.353. The summed E-state index contributed by atoms with van der Waals surface area (Å²) in [6.45, 7) is 4.22. The standard InChI is InChI=1S/C17H18F3N3O2S/c1-3-25-15-6-7-21-14(10(15)2)9-26(24)16-22-12-5-4-11(17(18,19)20)8-13(12)23-16/h4-8,16,22-23H,3,9H2,1-2H3. The number of nitrogens with zero attached hydrogens (tertiary/aromatic N) is 1. The van der Waals surface area contributed by atoms with Crippen LogP contribution in [0.25, 0.3) is 0 Å². The van der Waals surface area contributed by atoms with Crippen LogP contribution in [0.4, 0.5) is 24.5 Å². The summed E-state index contributed by atoms with van der Waals surface area (Å²) in [7, 11) is -1.44. The summed E-state index contributed by atoms with van der Waals surface area (Å²) in [5.74, 6) is 0.831. The minimum atomic E-state index is -4.42. The van der Waals surface area contributed by atoms with E-state index in [2.05, 4.69) is 15.6 Å². The van der Waals surface area contributed by atoms with E-state index in [-0.39, 0.29) is 11.4 Å². The molecule has 0 fully saturated rings. The maximum atomic E-state index is 12.8. The van der Waals surface area contributed by atoms with Gasteiger partial charge in [-0.1, -0.05) is 0 Å². The molecule has 1 aliphatic heterocycles. The molecule has 0 amide bonds. The van der Waals surface area contributed by atoms with Crippen LogP contribution in [0.5, 0.6) is 5.75 Å². The van der Waals surface area contributed by atoms with Crippen LogP contribution in [0.15, 0.2) is 30.5 Å². The van der Waals surface area contributed by atoms with Crippen molar-refractivity contribution < 1.29 is 22.1 Å². The Hall–Kier alpha value is -2.29. The Labute approximate surface area is 151 Å². The fourth-order valence-electron chi connectivity index (χ4n) is 2.65. The molecule has 5 nitrogen and oxygen atoms in total. The van der Waals surface area contributed by atoms with Gasteiger partial charge in [0.2, 0.25) is 0 Å². The first-order chi connectivity index (χ1) is 12.3. The van der Waals surface area contributed by atoms with Crippen LogP contribution in [-0.4, -0.2) is 21.3 Å². The summed E-state index contributed by atoms with van der Waals surface area (Å²) in [4.78, 5) is 4.25. The van der Waals surface area contributed by atoms with Crippen LogP contribution >= 0.6 is 0 Å². The van der Waals surface area contributed by atoms with E-state index in [0.29, 0.717) is 23.7 Å². The number of pyridine rings is 1. The molecule has 2 N–H and O–H groups in total. The second kappa shape index (κ2) is 7.14. The first-order valence-corrected chi connectivity index (χ1v) is 9.36. The van der Waals surface area contributed by atoms with Crippen molar-refractivity contribution in [2.24, 2.45) is 0 Å². The number of aromatic nitrogens is 1. The molecule has 0 saturated carbocycles. The molecular weight excluding hydrogens is 367 g/mol. The normalized spacial score (nSPS) is 17.2. The minimum Gasteiger partial charge on any atom is -0.493 e. The molecule has 1 aromatic carbocycles. The molecule has 1 aromatic heterocycles. The van der Waals surface area contributed by atoms with E-state index in [0.717, 1.165) is 17.7 Å². The van der Waals surface area contributed by atoms with Gasteiger partial charge in [0.05, 0.1) is 45.8 Å². The number of anilines is 2. The number of ether oxygens (including phenoxy) is 1. The molecule has 2 aromatic rings. The third-order valence-corrected chi connectivity index (χ3v) is 5.34. The molecule has 0 saturated heterocycles. The third-order valence-electron chi connectivity index (χ3n) is 4.02. The topological polar surface area (TPSA) is 63.2 Å². The first-order valence-electron chi connectivity index (χ1n) is 7.98. The van der Waals surface area contributed by atoms with Crippen molar-refractivity contribution in [3.63, 3.8) is 0 Å². The molecule has 2 unspecified atom stereocenters. The fourth-order valence-corrected chi connectivity index (χ4v) is 3.89. The van der Waals surface area contributed by atoms with Gasteiger partial charge in [-0.3, -0.25) is 9.19 Å². The van der Waals surface area contributed by atoms with Crippen molar-refractivity contribution in [2.45, 2.75) is 31.3 Å². The molecule has 140 valence electrons. The van der Waals surface area contributed by atoms with E-state index in [1.165, 1.54) is 6.07 Å². The number of fused-ring (bicyclic) bond motifs is 1. The molecule has 1 aliphatic rings. The van der Waals surface area contributed by atoms with Gasteiger partial charge in [0, 0.05) is 11.8 Å². The molecule has 0 radical (unpaired) electrons. The number of hydrogen-bond donors (Lipinski definition) is 2. The molecule has 26 heavy (non-hydrogen) atoms. The number of hydrogen-bond acceptors (Lipinski definition) is 5. The van der Waals surface area contributed by atoms with Gasteiger partial charge < -0.3 is 15.4 Å². The molecule has 3 rings (SSSR count). The summed E-state index contributed by atoms with van der Waals surface area (Å²) < 4.78 is 56.6. The lowest BCUT2D eigenvalue weighted by atomic mass is 10.2. The average molecular weight is 385 g/mol. The van der Waals surface area contributed by atoms with Gasteiger partial charge in [-0.15, -0.1) is 0 Å². The average Bonchev–Trinajstić information content (AvgIpc) is 3.01. The highest BCUT2D eigenvalue weighted by Gasteiger charge is 2.33. The maximum Gasteiger partial charge on any atom is 0.416 e. The lowest BCUT2D eigenvalue weighted by Gasteiger charge is -2.14. The number of halogens is 3. The van der Waals surface area contributed by atoms with Gasteiger partial charge >= 0.3 is 6.18 Å². The van der Waals surface area contributed by atoms with Gasteiger partial charge in [0.15, 0.2) is 5.50 Å². The Morgan fingerprint density at radius 1 is 1.23 bits per heavy atom. The number of nitrogens with one attached hydrogen (secondary N) is 2. The zero-order chi connectivity index (χ0) is 18.9. The summed E-state index contributed by atoms with van der Waals surface area (Å²) in [5, 5.41) is 5.81. The summed E-state index contributed by atoms with van der Waals surface area (Å²) in [5.41, 5.74) is 0.766. The summed E-state index contributed by atoms with van der Waals surface area (Å²) in [6.07, 6.45) is -2.83. The summed E-state index contributed by atoms with van der Waals surface area (Å²) >= 11 is 0. The van der Waals surface area contributed by atoms with Crippen molar-refractivity contribution in [1.29, 1.82) is 0 Å². The molecule has 9 heteroatoms. The largest absolute Gasteiger partial charge is 0.493 e. The van der Waals surface area contributed by atoms with E-state index in [1.54, 1.807) is 12.3 Å². The second-order valence-corrected chi connectivity index (χ2v) is 7.29. The van der Waals surface area contributed by atoms with E-state index in [9.17, 15) is 17.4 Å². The van der Waals surface area contributed by atoms with Crippen LogP contribution in [0.3, 0.4) is 0 Å². The first kappa shape index (κ1) is 18.5. The lowest BCUT2D eigenvalue weighted by molar-refractivity contribution is -0.137. The van der Waals surface area contributed by atoms with Gasteiger partial charge in [-0.2, -0.15) is 13.2 Å². The molecule has 0 aliphatic carbocycles. The van der Waals surface area contributed by atoms with Crippen molar-refractivity contribution in [3.05, 3.63) is 47.3 Å². The SMILES string of the molecule is CCOc1ccnc(CS(=O)C2Nc3ccc(C(F)(F)F)cc3N2)c1C. The highest BCUT2D eigenvalue weighted by atomic mass is 32.2. The zero-order valence-corrected chi connectivity index (χ0v) is 15.0. The Kier molecular flexibility index (Phi) is 5.08. The molecule has 0 bridgehead atoms. The third kappa shape index (κ3) is 3.77. The van der Waals surface area contributed by atoms with Crippen molar-refractivity contribution in [2.75, 3.05) is 17.2 Å². The Morgan fingerprint density at radius 3 is 2.65 bits per heavy atom. The van der Waals surface area contributed by atoms with Crippen LogP contribution in [0, 0.1) is 6.92 Å². The van der Waals surface area contributed by atoms with Crippen molar-refractivity contribution in [3.8, 4) is 5.75 Å². The quantitative estimate of drug-likeness (QED) is 0.818.